The minimum atomic E-state index is -3.00. The maximum absolute atomic E-state index is 12.8. The number of nitrogens with one attached hydrogen (secondary N) is 1. The molecule has 1 fully saturated rings. The molecule has 29 heavy (non-hydrogen) atoms. The lowest BCUT2D eigenvalue weighted by molar-refractivity contribution is 0.101. The molecular weight excluding hydrogens is 390 g/mol. The zero-order valence-corrected chi connectivity index (χ0v) is 17.0. The number of benzene rings is 2. The van der Waals surface area contributed by atoms with Crippen LogP contribution in [0.2, 0.25) is 0 Å². The molecule has 0 radical (unpaired) electrons. The fraction of sp³-hybridized carbons (Fsp3) is 0.318. The van der Waals surface area contributed by atoms with Gasteiger partial charge in [0, 0.05) is 12.6 Å². The Labute approximate surface area is 170 Å². The van der Waals surface area contributed by atoms with E-state index in [0.29, 0.717) is 23.3 Å². The first-order valence-corrected chi connectivity index (χ1v) is 11.5. The molecule has 0 bridgehead atoms. The Bertz CT molecular complexity index is 1090. The number of hydrogen-bond donors (Lipinski definition) is 2. The second-order valence-corrected chi connectivity index (χ2v) is 9.68. The molecule has 2 N–H and O–H groups in total. The number of aryl methyl sites for hydroxylation is 1. The summed E-state index contributed by atoms with van der Waals surface area (Å²) in [5.74, 6) is 0.575. The van der Waals surface area contributed by atoms with E-state index in [2.05, 4.69) is 12.2 Å². The topological polar surface area (TPSA) is 92.7 Å². The Kier molecular flexibility index (Phi) is 5.19. The first kappa shape index (κ1) is 19.7. The lowest BCUT2D eigenvalue weighted by Gasteiger charge is -2.14. The van der Waals surface area contributed by atoms with Crippen LogP contribution >= 0.6 is 0 Å². The standard InChI is InChI=1S/C22H23NO5S/c1-2-14-3-5-15(6-4-14)11-20-21(25)17-7-8-19(24)18(22(17)28-20)12-23-16-9-10-29(26,27)13-16/h3-8,11,16,23-24H,2,9-10,12-13H2,1H3/b20-11-. The van der Waals surface area contributed by atoms with Gasteiger partial charge in [-0.05, 0) is 42.2 Å². The molecule has 1 unspecified atom stereocenters. The summed E-state index contributed by atoms with van der Waals surface area (Å²) in [7, 11) is -3.00. The molecule has 1 saturated heterocycles. The van der Waals surface area contributed by atoms with Crippen molar-refractivity contribution in [2.24, 2.45) is 0 Å². The highest BCUT2D eigenvalue weighted by Crippen LogP contribution is 2.39. The monoisotopic (exact) mass is 413 g/mol. The summed E-state index contributed by atoms with van der Waals surface area (Å²) in [5, 5.41) is 13.5. The average Bonchev–Trinajstić information content (AvgIpc) is 3.20. The van der Waals surface area contributed by atoms with Gasteiger partial charge in [0.15, 0.2) is 15.6 Å². The minimum absolute atomic E-state index is 0.0125. The van der Waals surface area contributed by atoms with Gasteiger partial charge in [-0.15, -0.1) is 0 Å². The molecule has 0 amide bonds. The van der Waals surface area contributed by atoms with Crippen LogP contribution < -0.4 is 10.1 Å². The molecule has 0 aliphatic carbocycles. The van der Waals surface area contributed by atoms with Gasteiger partial charge in [0.1, 0.15) is 11.5 Å². The van der Waals surface area contributed by atoms with E-state index in [1.807, 2.05) is 24.3 Å². The summed E-state index contributed by atoms with van der Waals surface area (Å²) < 4.78 is 29.1. The van der Waals surface area contributed by atoms with Crippen LogP contribution in [-0.4, -0.2) is 36.9 Å². The Hall–Kier alpha value is -2.64. The largest absolute Gasteiger partial charge is 0.507 e. The fourth-order valence-corrected chi connectivity index (χ4v) is 5.38. The number of carbonyl (C=O) groups is 1. The van der Waals surface area contributed by atoms with Crippen molar-refractivity contribution in [1.82, 2.24) is 5.32 Å². The van der Waals surface area contributed by atoms with Gasteiger partial charge in [-0.25, -0.2) is 8.42 Å². The van der Waals surface area contributed by atoms with Crippen molar-refractivity contribution in [3.63, 3.8) is 0 Å². The number of phenolic OH excluding ortho intramolecular Hbond substituents is 1. The molecule has 4 rings (SSSR count). The molecule has 152 valence electrons. The van der Waals surface area contributed by atoms with Crippen molar-refractivity contribution in [2.75, 3.05) is 11.5 Å². The molecule has 2 aromatic rings. The average molecular weight is 413 g/mol. The minimum Gasteiger partial charge on any atom is -0.507 e. The van der Waals surface area contributed by atoms with Crippen molar-refractivity contribution >= 4 is 21.7 Å². The van der Waals surface area contributed by atoms with E-state index in [4.69, 9.17) is 4.74 Å². The Balaban J connectivity index is 1.56. The number of sulfone groups is 1. The lowest BCUT2D eigenvalue weighted by atomic mass is 10.0. The summed E-state index contributed by atoms with van der Waals surface area (Å²) in [6.07, 6.45) is 3.17. The summed E-state index contributed by atoms with van der Waals surface area (Å²) in [5.41, 5.74) is 2.93. The van der Waals surface area contributed by atoms with Crippen LogP contribution in [0.1, 0.15) is 40.4 Å². The highest BCUT2D eigenvalue weighted by molar-refractivity contribution is 7.91. The van der Waals surface area contributed by atoms with E-state index in [0.717, 1.165) is 12.0 Å². The maximum Gasteiger partial charge on any atom is 0.231 e. The first-order valence-electron chi connectivity index (χ1n) is 9.68. The highest BCUT2D eigenvalue weighted by atomic mass is 32.2. The molecule has 0 saturated carbocycles. The number of hydrogen-bond acceptors (Lipinski definition) is 6. The molecule has 2 aliphatic heterocycles. The summed E-state index contributed by atoms with van der Waals surface area (Å²) >= 11 is 0. The van der Waals surface area contributed by atoms with Crippen molar-refractivity contribution in [1.29, 1.82) is 0 Å². The molecule has 0 spiro atoms. The van der Waals surface area contributed by atoms with Gasteiger partial charge in [-0.1, -0.05) is 31.2 Å². The van der Waals surface area contributed by atoms with Crippen LogP contribution in [0.4, 0.5) is 0 Å². The van der Waals surface area contributed by atoms with E-state index in [1.54, 1.807) is 12.1 Å². The Morgan fingerprint density at radius 1 is 1.21 bits per heavy atom. The molecule has 0 aromatic heterocycles. The molecule has 7 heteroatoms. The lowest BCUT2D eigenvalue weighted by Crippen LogP contribution is -2.29. The summed E-state index contributed by atoms with van der Waals surface area (Å²) in [4.78, 5) is 12.8. The SMILES string of the molecule is CCc1ccc(/C=C2\Oc3c(ccc(O)c3CNC3CCS(=O)(=O)C3)C2=O)cc1. The van der Waals surface area contributed by atoms with Crippen LogP contribution in [-0.2, 0) is 22.8 Å². The molecule has 6 nitrogen and oxygen atoms in total. The van der Waals surface area contributed by atoms with Crippen LogP contribution in [0, 0.1) is 0 Å². The van der Waals surface area contributed by atoms with Crippen molar-refractivity contribution < 1.29 is 23.1 Å². The van der Waals surface area contributed by atoms with Crippen LogP contribution in [0.5, 0.6) is 11.5 Å². The van der Waals surface area contributed by atoms with Gasteiger partial charge in [-0.3, -0.25) is 4.79 Å². The third-order valence-corrected chi connectivity index (χ3v) is 7.17. The van der Waals surface area contributed by atoms with E-state index in [9.17, 15) is 18.3 Å². The van der Waals surface area contributed by atoms with Gasteiger partial charge in [0.2, 0.25) is 5.78 Å². The third kappa shape index (κ3) is 4.06. The number of rotatable bonds is 5. The van der Waals surface area contributed by atoms with Gasteiger partial charge in [-0.2, -0.15) is 0 Å². The van der Waals surface area contributed by atoms with Crippen LogP contribution in [0.25, 0.3) is 6.08 Å². The number of ketones is 1. The van der Waals surface area contributed by atoms with Gasteiger partial charge in [0.05, 0.1) is 22.6 Å². The number of carbonyl (C=O) groups excluding carboxylic acids is 1. The van der Waals surface area contributed by atoms with E-state index < -0.39 is 9.84 Å². The Morgan fingerprint density at radius 2 is 1.97 bits per heavy atom. The second kappa shape index (κ2) is 7.65. The maximum atomic E-state index is 12.8. The summed E-state index contributed by atoms with van der Waals surface area (Å²) in [6.45, 7) is 2.30. The molecule has 2 aliphatic rings. The predicted octanol–water partition coefficient (Wildman–Crippen LogP) is 2.85. The number of phenols is 1. The molecule has 2 aromatic carbocycles. The second-order valence-electron chi connectivity index (χ2n) is 7.46. The van der Waals surface area contributed by atoms with Gasteiger partial charge < -0.3 is 15.2 Å². The van der Waals surface area contributed by atoms with Crippen molar-refractivity contribution in [3.8, 4) is 11.5 Å². The van der Waals surface area contributed by atoms with E-state index >= 15 is 0 Å². The number of allylic oxidation sites excluding steroid dienone is 1. The van der Waals surface area contributed by atoms with Crippen molar-refractivity contribution in [3.05, 3.63) is 64.4 Å². The molecular formula is C22H23NO5S. The number of aromatic hydroxyl groups is 1. The first-order chi connectivity index (χ1) is 13.9. The highest BCUT2D eigenvalue weighted by Gasteiger charge is 2.32. The van der Waals surface area contributed by atoms with Crippen molar-refractivity contribution in [2.45, 2.75) is 32.4 Å². The van der Waals surface area contributed by atoms with E-state index in [1.165, 1.54) is 11.6 Å². The van der Waals surface area contributed by atoms with Gasteiger partial charge >= 0.3 is 0 Å². The smallest absolute Gasteiger partial charge is 0.231 e. The third-order valence-electron chi connectivity index (χ3n) is 5.40. The fourth-order valence-electron chi connectivity index (χ4n) is 3.67. The zero-order valence-electron chi connectivity index (χ0n) is 16.1. The Morgan fingerprint density at radius 3 is 2.62 bits per heavy atom. The summed E-state index contributed by atoms with van der Waals surface area (Å²) in [6, 6.07) is 10.8. The zero-order chi connectivity index (χ0) is 20.6. The van der Waals surface area contributed by atoms with Crippen LogP contribution in [0.15, 0.2) is 42.2 Å². The molecule has 2 heterocycles. The number of Topliss-reactive ketones (excluding diaryl/α,β-unsaturated/α-hetero) is 1. The van der Waals surface area contributed by atoms with Gasteiger partial charge in [0.25, 0.3) is 0 Å². The predicted molar refractivity (Wildman–Crippen MR) is 111 cm³/mol. The number of ether oxygens (including phenoxy) is 1. The quantitative estimate of drug-likeness (QED) is 0.733. The van der Waals surface area contributed by atoms with E-state index in [-0.39, 0.29) is 41.4 Å². The molecule has 1 atom stereocenters. The van der Waals surface area contributed by atoms with Crippen LogP contribution in [0.3, 0.4) is 0 Å². The number of fused-ring (bicyclic) bond motifs is 1. The normalized spacial score (nSPS) is 21.3.